The van der Waals surface area contributed by atoms with E-state index in [2.05, 4.69) is 21.9 Å². The summed E-state index contributed by atoms with van der Waals surface area (Å²) in [6, 6.07) is 1.20. The Labute approximate surface area is 183 Å². The lowest BCUT2D eigenvalue weighted by Crippen LogP contribution is -2.17. The number of methoxy groups -OCH3 is 2. The maximum absolute atomic E-state index is 15.0. The highest BCUT2D eigenvalue weighted by Gasteiger charge is 2.33. The van der Waals surface area contributed by atoms with Crippen molar-refractivity contribution in [1.82, 2.24) is 20.0 Å². The van der Waals surface area contributed by atoms with E-state index < -0.39 is 23.5 Å². The van der Waals surface area contributed by atoms with Gasteiger partial charge in [0.2, 0.25) is 5.91 Å². The van der Waals surface area contributed by atoms with E-state index in [1.807, 2.05) is 0 Å². The van der Waals surface area contributed by atoms with Crippen LogP contribution in [0.25, 0.3) is 17.0 Å². The number of H-pyrrole nitrogens is 1. The number of halogens is 2. The number of aromatic amines is 1. The van der Waals surface area contributed by atoms with E-state index in [0.717, 1.165) is 11.3 Å². The van der Waals surface area contributed by atoms with E-state index in [1.54, 1.807) is 11.7 Å². The van der Waals surface area contributed by atoms with Crippen LogP contribution in [0.3, 0.4) is 0 Å². The minimum atomic E-state index is -0.731. The van der Waals surface area contributed by atoms with Gasteiger partial charge in [-0.15, -0.1) is 0 Å². The second-order valence-electron chi connectivity index (χ2n) is 7.67. The molecule has 32 heavy (non-hydrogen) atoms. The molecule has 1 aliphatic carbocycles. The average molecular weight is 443 g/mol. The Kier molecular flexibility index (Phi) is 5.45. The van der Waals surface area contributed by atoms with E-state index in [9.17, 15) is 13.6 Å². The highest BCUT2D eigenvalue weighted by Crippen LogP contribution is 2.42. The van der Waals surface area contributed by atoms with Gasteiger partial charge in [0.05, 0.1) is 26.1 Å². The number of benzene rings is 1. The molecule has 0 fully saturated rings. The average Bonchev–Trinajstić information content (AvgIpc) is 3.36. The summed E-state index contributed by atoms with van der Waals surface area (Å²) in [6.45, 7) is 3.75. The molecule has 0 saturated carbocycles. The molecule has 1 unspecified atom stereocenters. The summed E-state index contributed by atoms with van der Waals surface area (Å²) in [7, 11) is 4.38. The predicted molar refractivity (Wildman–Crippen MR) is 113 cm³/mol. The molecule has 2 heterocycles. The van der Waals surface area contributed by atoms with Gasteiger partial charge in [0.25, 0.3) is 0 Å². The monoisotopic (exact) mass is 443 g/mol. The summed E-state index contributed by atoms with van der Waals surface area (Å²) in [6.07, 6.45) is 2.85. The highest BCUT2D eigenvalue weighted by molar-refractivity contribution is 6.19. The third kappa shape index (κ3) is 3.31. The smallest absolute Gasteiger partial charge is 0.248 e. The fourth-order valence-corrected chi connectivity index (χ4v) is 4.28. The van der Waals surface area contributed by atoms with Gasteiger partial charge in [0, 0.05) is 41.1 Å². The van der Waals surface area contributed by atoms with Crippen LogP contribution in [0.2, 0.25) is 0 Å². The fourth-order valence-electron chi connectivity index (χ4n) is 4.28. The fraction of sp³-hybridized carbons (Fsp3) is 0.318. The third-order valence-corrected chi connectivity index (χ3v) is 5.95. The van der Waals surface area contributed by atoms with Gasteiger partial charge in [-0.25, -0.2) is 8.78 Å². The molecule has 8 nitrogen and oxygen atoms in total. The van der Waals surface area contributed by atoms with E-state index >= 15 is 0 Å². The van der Waals surface area contributed by atoms with Crippen LogP contribution >= 0.6 is 0 Å². The first-order valence-corrected chi connectivity index (χ1v) is 9.95. The van der Waals surface area contributed by atoms with E-state index in [4.69, 9.17) is 15.2 Å². The Hall–Kier alpha value is -3.69. The zero-order valence-electron chi connectivity index (χ0n) is 18.0. The number of aromatic nitrogens is 4. The third-order valence-electron chi connectivity index (χ3n) is 5.95. The molecule has 1 aromatic carbocycles. The number of hydrogen-bond donors (Lipinski definition) is 2. The lowest BCUT2D eigenvalue weighted by atomic mass is 9.81. The number of nitrogens with one attached hydrogen (secondary N) is 1. The zero-order chi connectivity index (χ0) is 23.2. The zero-order valence-corrected chi connectivity index (χ0v) is 18.0. The summed E-state index contributed by atoms with van der Waals surface area (Å²) in [5.41, 5.74) is 8.83. The molecule has 168 valence electrons. The number of carbonyl (C=O) groups is 1. The van der Waals surface area contributed by atoms with Crippen LogP contribution in [0.4, 0.5) is 8.78 Å². The number of aryl methyl sites for hydroxylation is 1. The normalized spacial score (nSPS) is 15.3. The Bertz CT molecular complexity index is 1200. The van der Waals surface area contributed by atoms with Gasteiger partial charge in [0.15, 0.2) is 23.1 Å². The number of nitrogens with zero attached hydrogens (tertiary/aromatic N) is 3. The molecular weight excluding hydrogens is 420 g/mol. The Morgan fingerprint density at radius 1 is 1.28 bits per heavy atom. The standard InChI is InChI=1S/C22H23F2N5O3/c1-10(22(25)30)13-9-26-29(2)21(13)20-12-6-5-11(7-14(12)27-28-20)17-18(23)15(31-3)8-16(32-4)19(17)24/h8-9,11H,1,5-7H2,2-4H3,(H2,25,30)(H,27,28). The molecule has 4 rings (SSSR count). The number of rotatable bonds is 6. The van der Waals surface area contributed by atoms with Crippen LogP contribution in [0, 0.1) is 11.6 Å². The maximum atomic E-state index is 15.0. The summed E-state index contributed by atoms with van der Waals surface area (Å²) < 4.78 is 41.7. The van der Waals surface area contributed by atoms with E-state index in [-0.39, 0.29) is 22.6 Å². The number of amides is 1. The highest BCUT2D eigenvalue weighted by atomic mass is 19.1. The van der Waals surface area contributed by atoms with Crippen LogP contribution < -0.4 is 15.2 Å². The van der Waals surface area contributed by atoms with Gasteiger partial charge in [0.1, 0.15) is 5.69 Å². The summed E-state index contributed by atoms with van der Waals surface area (Å²) >= 11 is 0. The number of fused-ring (bicyclic) bond motifs is 1. The molecule has 3 aromatic rings. The molecule has 0 aliphatic heterocycles. The quantitative estimate of drug-likeness (QED) is 0.570. The van der Waals surface area contributed by atoms with Gasteiger partial charge < -0.3 is 15.2 Å². The number of hydrogen-bond acceptors (Lipinski definition) is 5. The van der Waals surface area contributed by atoms with Crippen molar-refractivity contribution in [2.45, 2.75) is 25.2 Å². The van der Waals surface area contributed by atoms with Crippen molar-refractivity contribution in [3.05, 3.63) is 52.9 Å². The number of carbonyl (C=O) groups excluding carboxylic acids is 1. The summed E-state index contributed by atoms with van der Waals surface area (Å²) in [5.74, 6) is -2.69. The number of ether oxygens (including phenoxy) is 2. The molecule has 2 aromatic heterocycles. The Morgan fingerprint density at radius 2 is 1.94 bits per heavy atom. The summed E-state index contributed by atoms with van der Waals surface area (Å²) in [4.78, 5) is 11.7. The lowest BCUT2D eigenvalue weighted by molar-refractivity contribution is -0.112. The molecule has 3 N–H and O–H groups in total. The lowest BCUT2D eigenvalue weighted by Gasteiger charge is -2.25. The second kappa shape index (κ2) is 8.10. The largest absolute Gasteiger partial charge is 0.494 e. The van der Waals surface area contributed by atoms with E-state index in [1.165, 1.54) is 26.5 Å². The molecule has 0 saturated heterocycles. The minimum Gasteiger partial charge on any atom is -0.494 e. The van der Waals surface area contributed by atoms with Crippen LogP contribution in [0.5, 0.6) is 11.5 Å². The Morgan fingerprint density at radius 3 is 2.53 bits per heavy atom. The van der Waals surface area contributed by atoms with Crippen molar-refractivity contribution < 1.29 is 23.0 Å². The number of nitrogens with two attached hydrogens (primary N) is 1. The van der Waals surface area contributed by atoms with Gasteiger partial charge >= 0.3 is 0 Å². The maximum Gasteiger partial charge on any atom is 0.248 e. The first-order valence-electron chi connectivity index (χ1n) is 9.95. The minimum absolute atomic E-state index is 0.0636. The molecule has 1 atom stereocenters. The van der Waals surface area contributed by atoms with Crippen molar-refractivity contribution in [2.24, 2.45) is 12.8 Å². The van der Waals surface area contributed by atoms with Gasteiger partial charge in [-0.05, 0) is 25.2 Å². The first-order chi connectivity index (χ1) is 15.3. The molecule has 0 radical (unpaired) electrons. The van der Waals surface area contributed by atoms with Crippen molar-refractivity contribution in [3.8, 4) is 22.9 Å². The van der Waals surface area contributed by atoms with Crippen LogP contribution in [-0.4, -0.2) is 40.1 Å². The van der Waals surface area contributed by atoms with Crippen LogP contribution in [0.1, 0.15) is 34.7 Å². The van der Waals surface area contributed by atoms with Gasteiger partial charge in [-0.3, -0.25) is 14.6 Å². The van der Waals surface area contributed by atoms with Crippen LogP contribution in [-0.2, 0) is 24.7 Å². The van der Waals surface area contributed by atoms with Crippen molar-refractivity contribution >= 4 is 11.5 Å². The van der Waals surface area contributed by atoms with Crippen LogP contribution in [0.15, 0.2) is 18.8 Å². The van der Waals surface area contributed by atoms with Gasteiger partial charge in [-0.2, -0.15) is 10.2 Å². The number of primary amides is 1. The molecule has 0 spiro atoms. The first kappa shape index (κ1) is 21.5. The SMILES string of the molecule is C=C(C(N)=O)c1cnn(C)c1-c1n[nH]c2c1CCC(c1c(F)c(OC)cc(OC)c1F)C2. The molecular formula is C22H23F2N5O3. The van der Waals surface area contributed by atoms with Crippen molar-refractivity contribution in [2.75, 3.05) is 14.2 Å². The van der Waals surface area contributed by atoms with Gasteiger partial charge in [-0.1, -0.05) is 6.58 Å². The second-order valence-corrected chi connectivity index (χ2v) is 7.67. The van der Waals surface area contributed by atoms with Crippen molar-refractivity contribution in [3.63, 3.8) is 0 Å². The van der Waals surface area contributed by atoms with E-state index in [0.29, 0.717) is 36.2 Å². The predicted octanol–water partition coefficient (Wildman–Crippen LogP) is 2.88. The topological polar surface area (TPSA) is 108 Å². The molecule has 1 aliphatic rings. The summed E-state index contributed by atoms with van der Waals surface area (Å²) in [5, 5.41) is 11.6. The Balaban J connectivity index is 1.74. The molecule has 1 amide bonds. The molecule has 10 heteroatoms. The van der Waals surface area contributed by atoms with Crippen molar-refractivity contribution in [1.29, 1.82) is 0 Å². The molecule has 0 bridgehead atoms.